The normalized spacial score (nSPS) is 20.4. The predicted octanol–water partition coefficient (Wildman–Crippen LogP) is 3.92. The number of nitrogens with one attached hydrogen (secondary N) is 2. The van der Waals surface area contributed by atoms with Crippen LogP contribution in [-0.4, -0.2) is 85.4 Å². The van der Waals surface area contributed by atoms with Gasteiger partial charge in [0.05, 0.1) is 12.1 Å². The van der Waals surface area contributed by atoms with Gasteiger partial charge in [0.25, 0.3) is 11.8 Å². The van der Waals surface area contributed by atoms with Crippen LogP contribution in [-0.2, 0) is 11.0 Å². The summed E-state index contributed by atoms with van der Waals surface area (Å²) in [4.78, 5) is 44.2. The van der Waals surface area contributed by atoms with E-state index in [4.69, 9.17) is 0 Å². The number of halogens is 3. The first-order valence-corrected chi connectivity index (χ1v) is 14.8. The maximum Gasteiger partial charge on any atom is 0.416 e. The van der Waals surface area contributed by atoms with Gasteiger partial charge in [0.2, 0.25) is 5.91 Å². The van der Waals surface area contributed by atoms with Crippen molar-refractivity contribution in [3.63, 3.8) is 0 Å². The van der Waals surface area contributed by atoms with Gasteiger partial charge in [0.15, 0.2) is 0 Å². The van der Waals surface area contributed by atoms with Gasteiger partial charge in [-0.15, -0.1) is 0 Å². The van der Waals surface area contributed by atoms with Crippen molar-refractivity contribution in [3.8, 4) is 0 Å². The summed E-state index contributed by atoms with van der Waals surface area (Å²) < 4.78 is 38.7. The quantitative estimate of drug-likeness (QED) is 0.515. The van der Waals surface area contributed by atoms with E-state index in [-0.39, 0.29) is 30.0 Å². The van der Waals surface area contributed by atoms with Gasteiger partial charge in [-0.05, 0) is 81.0 Å². The molecular formula is C31H38F3N5O3. The fourth-order valence-electron chi connectivity index (χ4n) is 6.20. The van der Waals surface area contributed by atoms with E-state index in [0.29, 0.717) is 6.04 Å². The molecule has 0 spiro atoms. The van der Waals surface area contributed by atoms with Crippen LogP contribution in [0.2, 0.25) is 0 Å². The van der Waals surface area contributed by atoms with E-state index in [9.17, 15) is 27.6 Å². The molecule has 0 unspecified atom stereocenters. The van der Waals surface area contributed by atoms with E-state index in [2.05, 4.69) is 20.4 Å². The SMILES string of the molecule is O=C(CNC(=O)c1cccc(C(F)(F)F)c1)N[C@@H]1CCN(C2CCN(c3ccc(C(=O)N4CCCCC4)cc3)CC2)C1. The molecule has 3 heterocycles. The standard InChI is InChI=1S/C31H38F3N5O3/c32-31(33,34)24-6-4-5-23(19-24)29(41)35-20-28(40)36-25-11-16-39(21-25)27-12-17-37(18-13-27)26-9-7-22(8-10-26)30(42)38-14-2-1-3-15-38/h4-10,19,25,27H,1-3,11-18,20-21H2,(H,35,41)(H,36,40)/t25-/m1/s1. The third-order valence-corrected chi connectivity index (χ3v) is 8.55. The maximum atomic E-state index is 12.9. The highest BCUT2D eigenvalue weighted by molar-refractivity contribution is 5.96. The molecule has 3 saturated heterocycles. The van der Waals surface area contributed by atoms with Crippen molar-refractivity contribution in [3.05, 3.63) is 65.2 Å². The lowest BCUT2D eigenvalue weighted by Crippen LogP contribution is -2.46. The monoisotopic (exact) mass is 585 g/mol. The molecule has 0 radical (unpaired) electrons. The molecule has 226 valence electrons. The Kier molecular flexibility index (Phi) is 9.35. The topological polar surface area (TPSA) is 85.0 Å². The Labute approximate surface area is 244 Å². The summed E-state index contributed by atoms with van der Waals surface area (Å²) in [6.45, 7) is 4.82. The Hall–Kier alpha value is -3.60. The van der Waals surface area contributed by atoms with Crippen molar-refractivity contribution in [2.45, 2.75) is 56.8 Å². The number of anilines is 1. The highest BCUT2D eigenvalue weighted by Gasteiger charge is 2.32. The summed E-state index contributed by atoms with van der Waals surface area (Å²) in [6.07, 6.45) is 1.61. The van der Waals surface area contributed by atoms with Crippen LogP contribution >= 0.6 is 0 Å². The van der Waals surface area contributed by atoms with Crippen LogP contribution in [0.3, 0.4) is 0 Å². The Morgan fingerprint density at radius 2 is 1.55 bits per heavy atom. The van der Waals surface area contributed by atoms with E-state index in [1.54, 1.807) is 0 Å². The van der Waals surface area contributed by atoms with Gasteiger partial charge in [-0.25, -0.2) is 0 Å². The number of nitrogens with zero attached hydrogens (tertiary/aromatic N) is 3. The second kappa shape index (κ2) is 13.1. The van der Waals surface area contributed by atoms with Crippen molar-refractivity contribution in [2.75, 3.05) is 50.7 Å². The smallest absolute Gasteiger partial charge is 0.371 e. The first-order chi connectivity index (χ1) is 20.2. The van der Waals surface area contributed by atoms with Gasteiger partial charge < -0.3 is 20.4 Å². The fraction of sp³-hybridized carbons (Fsp3) is 0.516. The molecule has 3 fully saturated rings. The molecule has 11 heteroatoms. The number of carbonyl (C=O) groups excluding carboxylic acids is 3. The Morgan fingerprint density at radius 1 is 0.833 bits per heavy atom. The van der Waals surface area contributed by atoms with Crippen LogP contribution in [0.1, 0.15) is 64.8 Å². The van der Waals surface area contributed by atoms with Crippen LogP contribution < -0.4 is 15.5 Å². The minimum Gasteiger partial charge on any atom is -0.371 e. The molecule has 0 aliphatic carbocycles. The average molecular weight is 586 g/mol. The van der Waals surface area contributed by atoms with Crippen molar-refractivity contribution in [2.24, 2.45) is 0 Å². The molecule has 0 saturated carbocycles. The van der Waals surface area contributed by atoms with Crippen molar-refractivity contribution >= 4 is 23.4 Å². The van der Waals surface area contributed by atoms with E-state index >= 15 is 0 Å². The van der Waals surface area contributed by atoms with E-state index in [0.717, 1.165) is 94.8 Å². The molecular weight excluding hydrogens is 547 g/mol. The molecule has 5 rings (SSSR count). The van der Waals surface area contributed by atoms with Gasteiger partial charge in [-0.3, -0.25) is 19.3 Å². The van der Waals surface area contributed by atoms with E-state index < -0.39 is 17.6 Å². The summed E-state index contributed by atoms with van der Waals surface area (Å²) in [5.74, 6) is -0.966. The fourth-order valence-corrected chi connectivity index (χ4v) is 6.20. The van der Waals surface area contributed by atoms with Gasteiger partial charge >= 0.3 is 6.18 Å². The molecule has 3 aliphatic rings. The van der Waals surface area contributed by atoms with Gasteiger partial charge in [0, 0.05) is 68.2 Å². The predicted molar refractivity (Wildman–Crippen MR) is 153 cm³/mol. The number of likely N-dealkylation sites (tertiary alicyclic amines) is 2. The zero-order valence-electron chi connectivity index (χ0n) is 23.7. The number of hydrogen-bond acceptors (Lipinski definition) is 5. The van der Waals surface area contributed by atoms with Gasteiger partial charge in [0.1, 0.15) is 0 Å². The molecule has 3 amide bonds. The number of alkyl halides is 3. The first kappa shape index (κ1) is 29.9. The highest BCUT2D eigenvalue weighted by Crippen LogP contribution is 2.29. The summed E-state index contributed by atoms with van der Waals surface area (Å²) >= 11 is 0. The van der Waals surface area contributed by atoms with Crippen molar-refractivity contribution < 1.29 is 27.6 Å². The lowest BCUT2D eigenvalue weighted by Gasteiger charge is -2.38. The molecule has 2 aromatic rings. The highest BCUT2D eigenvalue weighted by atomic mass is 19.4. The van der Waals surface area contributed by atoms with Crippen LogP contribution in [0.4, 0.5) is 18.9 Å². The average Bonchev–Trinajstić information content (AvgIpc) is 3.48. The Balaban J connectivity index is 1.03. The largest absolute Gasteiger partial charge is 0.416 e. The summed E-state index contributed by atoms with van der Waals surface area (Å²) in [7, 11) is 0. The maximum absolute atomic E-state index is 12.9. The minimum absolute atomic E-state index is 0.0361. The van der Waals surface area contributed by atoms with Crippen molar-refractivity contribution in [1.29, 1.82) is 0 Å². The number of amides is 3. The number of rotatable bonds is 7. The Bertz CT molecular complexity index is 1260. The van der Waals surface area contributed by atoms with Crippen LogP contribution in [0.25, 0.3) is 0 Å². The van der Waals surface area contributed by atoms with Gasteiger partial charge in [-0.2, -0.15) is 13.2 Å². The number of piperidine rings is 2. The molecule has 2 aromatic carbocycles. The molecule has 8 nitrogen and oxygen atoms in total. The first-order valence-electron chi connectivity index (χ1n) is 14.8. The minimum atomic E-state index is -4.54. The molecule has 42 heavy (non-hydrogen) atoms. The number of hydrogen-bond donors (Lipinski definition) is 2. The van der Waals surface area contributed by atoms with Crippen LogP contribution in [0.15, 0.2) is 48.5 Å². The second-order valence-electron chi connectivity index (χ2n) is 11.4. The third-order valence-electron chi connectivity index (χ3n) is 8.55. The van der Waals surface area contributed by atoms with Crippen LogP contribution in [0.5, 0.6) is 0 Å². The van der Waals surface area contributed by atoms with E-state index in [1.165, 1.54) is 18.6 Å². The van der Waals surface area contributed by atoms with Gasteiger partial charge in [-0.1, -0.05) is 6.07 Å². The molecule has 2 N–H and O–H groups in total. The van der Waals surface area contributed by atoms with Crippen molar-refractivity contribution in [1.82, 2.24) is 20.4 Å². The summed E-state index contributed by atoms with van der Waals surface area (Å²) in [5.41, 5.74) is 0.824. The molecule has 0 bridgehead atoms. The van der Waals surface area contributed by atoms with Crippen LogP contribution in [0, 0.1) is 0 Å². The zero-order chi connectivity index (χ0) is 29.7. The molecule has 0 aromatic heterocycles. The third kappa shape index (κ3) is 7.42. The zero-order valence-corrected chi connectivity index (χ0v) is 23.7. The lowest BCUT2D eigenvalue weighted by molar-refractivity contribution is -0.137. The number of benzene rings is 2. The molecule has 1 atom stereocenters. The summed E-state index contributed by atoms with van der Waals surface area (Å²) in [6, 6.07) is 12.5. The Morgan fingerprint density at radius 3 is 2.24 bits per heavy atom. The second-order valence-corrected chi connectivity index (χ2v) is 11.4. The molecule has 3 aliphatic heterocycles. The number of carbonyl (C=O) groups is 3. The lowest BCUT2D eigenvalue weighted by atomic mass is 10.0. The van der Waals surface area contributed by atoms with E-state index in [1.807, 2.05) is 29.2 Å². The summed E-state index contributed by atoms with van der Waals surface area (Å²) in [5, 5.41) is 5.36.